The monoisotopic (exact) mass is 2000 g/mol. The molecule has 12 aliphatic rings. The van der Waals surface area contributed by atoms with Crippen molar-refractivity contribution in [1.29, 1.82) is 0 Å². The van der Waals surface area contributed by atoms with E-state index in [1.807, 2.05) is 114 Å². The van der Waals surface area contributed by atoms with Crippen LogP contribution in [0.1, 0.15) is 203 Å². The molecular weight excluding hydrogens is 1860 g/mol. The highest BCUT2D eigenvalue weighted by Crippen LogP contribution is 2.42. The topological polar surface area (TPSA) is 470 Å². The average molecular weight is 2000 g/mol. The van der Waals surface area contributed by atoms with E-state index in [9.17, 15) is 30.0 Å². The molecular formula is C113H139N27O8. The Labute approximate surface area is 865 Å². The number of aliphatic hydroxyl groups excluding tert-OH is 4. The van der Waals surface area contributed by atoms with Crippen LogP contribution in [0.2, 0.25) is 0 Å². The lowest BCUT2D eigenvalue weighted by Gasteiger charge is -2.34. The molecule has 10 aliphatic carbocycles. The van der Waals surface area contributed by atoms with Crippen molar-refractivity contribution >= 4 is 46.7 Å². The number of hydrogen-bond acceptors (Lipinski definition) is 33. The molecule has 24 rings (SSSR count). The number of methoxy groups -OCH3 is 1. The van der Waals surface area contributed by atoms with E-state index in [0.717, 1.165) is 317 Å². The number of pyridine rings is 6. The summed E-state index contributed by atoms with van der Waals surface area (Å²) in [6, 6.07) is 36.0. The van der Waals surface area contributed by atoms with Gasteiger partial charge in [-0.15, -0.1) is 0 Å². The summed E-state index contributed by atoms with van der Waals surface area (Å²) in [5.74, 6) is 10.5. The number of primary amides is 1. The standard InChI is InChI=1S/C21H29N5O2.C19H23N5O.C19H24N4O2.C18H21N5O.C18H22N4O.C18H20N4O/c1-28-14-16(27)13-26-11-8-15(9-12-26)23-20-17-5-4-7-18(17)24-21(25-20)19-6-2-3-10-22-19;20-18(25)19(9-2-3-10-19)12-22-16-13-6-5-8-14(13)23-17(24-16)15-7-1-4-11-21-15;24-14(12-25-11-13-7-8-13)10-21-18-15-4-3-6-16(15)22-19(23-18)17-5-1-2-9-20-17;1-12(24)23-10-8-13(11-23)20-17-14-5-4-7-15(14)21-18(22-17)16-6-2-3-9-19-16;23-13-9-7-12(8-10-13)20-17-14-4-3-6-15(14)21-18(22-17)16-5-1-2-11-19-16;23-11-12-7-8-13(10-12)20-17-14-4-3-6-15(14)21-18(22-17)16-5-1-2-9-19-16/h2-3,6,10,15-16,27H,4-5,7-9,11-14H2,1H3,(H,23,24,25);1,4,7,11H,2-3,5-6,8-10,12H2,(H2,20,25)(H,22,23,24);1-2,5,9,13-14,24H,3-4,6-8,10-12H2,(H,21,22,23);2-3,6,9,13H,4-5,7-8,10-11H2,1H3,(H,20,21,22);1-2,5,11-13,23H,3-4,6-10H2,(H,20,21,22);1-2,5,7-9,12-13,23H,3-4,6,10-11H2,(H,20,21,22)/t;;;;;12-,13+/m.....0/s1. The Balaban J connectivity index is 0.000000112. The summed E-state index contributed by atoms with van der Waals surface area (Å²) in [7, 11) is 1.62. The molecule has 12 N–H and O–H groups in total. The molecule has 0 radical (unpaired) electrons. The van der Waals surface area contributed by atoms with E-state index in [2.05, 4.69) is 88.8 Å². The third kappa shape index (κ3) is 26.8. The highest BCUT2D eigenvalue weighted by Gasteiger charge is 2.41. The summed E-state index contributed by atoms with van der Waals surface area (Å²) in [6.07, 6.45) is 46.6. The second-order valence-corrected chi connectivity index (χ2v) is 40.9. The fourth-order valence-corrected chi connectivity index (χ4v) is 21.7. The number of aryl methyl sites for hydroxylation is 6. The van der Waals surface area contributed by atoms with E-state index in [1.165, 1.54) is 57.6 Å². The smallest absolute Gasteiger partial charge is 0.225 e. The Hall–Kier alpha value is -13.4. The van der Waals surface area contributed by atoms with E-state index in [4.69, 9.17) is 65.0 Å². The number of nitrogens with two attached hydrogens (primary N) is 1. The Morgan fingerprint density at radius 3 is 1.14 bits per heavy atom. The number of ether oxygens (including phenoxy) is 2. The number of piperidine rings is 1. The van der Waals surface area contributed by atoms with Gasteiger partial charge in [-0.25, -0.2) is 59.8 Å². The molecule has 3 unspecified atom stereocenters. The largest absolute Gasteiger partial charge is 0.396 e. The molecule has 0 aromatic carbocycles. The van der Waals surface area contributed by atoms with Gasteiger partial charge in [-0.2, -0.15) is 0 Å². The number of aliphatic hydroxyl groups is 4. The second-order valence-electron chi connectivity index (χ2n) is 40.9. The van der Waals surface area contributed by atoms with Crippen LogP contribution in [-0.2, 0) is 96.1 Å². The molecule has 2 amide bonds. The zero-order chi connectivity index (χ0) is 102. The molecule has 0 bridgehead atoms. The van der Waals surface area contributed by atoms with Crippen molar-refractivity contribution in [2.24, 2.45) is 23.0 Å². The lowest BCUT2D eigenvalue weighted by molar-refractivity contribution is -0.128. The van der Waals surface area contributed by atoms with Crippen LogP contribution >= 0.6 is 0 Å². The first-order valence-corrected chi connectivity index (χ1v) is 53.6. The molecule has 35 nitrogen and oxygen atoms in total. The molecule has 5 atom stereocenters. The predicted octanol–water partition coefficient (Wildman–Crippen LogP) is 13.8. The van der Waals surface area contributed by atoms with Crippen LogP contribution in [0.5, 0.6) is 0 Å². The van der Waals surface area contributed by atoms with Crippen molar-refractivity contribution in [2.45, 2.75) is 255 Å². The van der Waals surface area contributed by atoms with Crippen molar-refractivity contribution in [1.82, 2.24) is 99.5 Å². The first kappa shape index (κ1) is 103. The van der Waals surface area contributed by atoms with Crippen molar-refractivity contribution < 1.29 is 39.5 Å². The molecule has 2 saturated heterocycles. The molecule has 14 heterocycles. The summed E-state index contributed by atoms with van der Waals surface area (Å²) in [6.45, 7) is 8.50. The predicted molar refractivity (Wildman–Crippen MR) is 569 cm³/mol. The second kappa shape index (κ2) is 50.1. The van der Waals surface area contributed by atoms with E-state index in [1.54, 1.807) is 51.2 Å². The minimum atomic E-state index is -0.538. The first-order valence-electron chi connectivity index (χ1n) is 53.6. The third-order valence-electron chi connectivity index (χ3n) is 30.0. The molecule has 0 spiro atoms. The van der Waals surface area contributed by atoms with Gasteiger partial charge in [0, 0.05) is 208 Å². The maximum absolute atomic E-state index is 12.0. The van der Waals surface area contributed by atoms with Gasteiger partial charge in [-0.1, -0.05) is 61.4 Å². The van der Waals surface area contributed by atoms with Gasteiger partial charge in [0.2, 0.25) is 11.8 Å². The first-order chi connectivity index (χ1) is 72.5. The van der Waals surface area contributed by atoms with Gasteiger partial charge in [-0.05, 0) is 271 Å². The van der Waals surface area contributed by atoms with Crippen LogP contribution in [0.25, 0.3) is 69.1 Å². The number of nitrogens with one attached hydrogen (secondary N) is 6. The molecule has 12 aromatic heterocycles. The summed E-state index contributed by atoms with van der Waals surface area (Å²) in [5.41, 5.74) is 24.2. The van der Waals surface area contributed by atoms with Gasteiger partial charge in [0.1, 0.15) is 69.1 Å². The van der Waals surface area contributed by atoms with Crippen LogP contribution in [-0.4, -0.2) is 254 Å². The highest BCUT2D eigenvalue weighted by atomic mass is 16.5. The zero-order valence-electron chi connectivity index (χ0n) is 85.1. The molecule has 3 saturated carbocycles. The van der Waals surface area contributed by atoms with Crippen molar-refractivity contribution in [2.75, 3.05) is 111 Å². The van der Waals surface area contributed by atoms with Gasteiger partial charge < -0.3 is 77.3 Å². The van der Waals surface area contributed by atoms with Gasteiger partial charge >= 0.3 is 0 Å². The fraction of sp³-hybridized carbons (Fsp3) is 0.487. The molecule has 2 aliphatic heterocycles. The van der Waals surface area contributed by atoms with E-state index in [0.29, 0.717) is 85.8 Å². The minimum Gasteiger partial charge on any atom is -0.396 e. The molecule has 774 valence electrons. The summed E-state index contributed by atoms with van der Waals surface area (Å²) >= 11 is 0. The quantitative estimate of drug-likeness (QED) is 0.0186. The van der Waals surface area contributed by atoms with E-state index in [-0.39, 0.29) is 42.5 Å². The lowest BCUT2D eigenvalue weighted by Crippen LogP contribution is -2.43. The summed E-state index contributed by atoms with van der Waals surface area (Å²) in [5, 5.41) is 60.2. The van der Waals surface area contributed by atoms with Crippen molar-refractivity contribution in [3.8, 4) is 69.1 Å². The maximum atomic E-state index is 12.0. The lowest BCUT2D eigenvalue weighted by atomic mass is 9.85. The Morgan fingerprint density at radius 1 is 0.419 bits per heavy atom. The Bertz CT molecular complexity index is 6450. The number of aromatic nitrogens is 18. The van der Waals surface area contributed by atoms with Crippen LogP contribution in [0.3, 0.4) is 0 Å². The number of anilines is 6. The van der Waals surface area contributed by atoms with Crippen molar-refractivity contribution in [3.63, 3.8) is 0 Å². The molecule has 35 heteroatoms. The molecule has 5 fully saturated rings. The van der Waals surface area contributed by atoms with Gasteiger partial charge in [0.05, 0.1) is 36.9 Å². The van der Waals surface area contributed by atoms with Gasteiger partial charge in [0.15, 0.2) is 34.9 Å². The summed E-state index contributed by atoms with van der Waals surface area (Å²) in [4.78, 5) is 111. The van der Waals surface area contributed by atoms with Crippen LogP contribution in [0.4, 0.5) is 34.9 Å². The van der Waals surface area contributed by atoms with Crippen molar-refractivity contribution in [3.05, 3.63) is 226 Å². The fourth-order valence-electron chi connectivity index (χ4n) is 21.7. The number of fused-ring (bicyclic) bond motifs is 6. The summed E-state index contributed by atoms with van der Waals surface area (Å²) < 4.78 is 10.6. The van der Waals surface area contributed by atoms with Crippen LogP contribution in [0.15, 0.2) is 159 Å². The van der Waals surface area contributed by atoms with Gasteiger partial charge in [-0.3, -0.25) is 39.5 Å². The molecule has 12 aromatic rings. The number of carbonyl (C=O) groups is 2. The number of carbonyl (C=O) groups excluding carboxylic acids is 2. The van der Waals surface area contributed by atoms with Crippen LogP contribution < -0.4 is 37.6 Å². The SMILES string of the molecule is CC(=O)N1CCC(Nc2nc(-c3ccccn3)nc3c2CCC3)C1.COCC(O)CN1CCC(Nc2nc(-c3ccccn3)nc3c2CCC3)CC1.NC(=O)C1(CNc2nc(-c3ccccn3)nc3c2CCC3)CCCC1.OC(CNc1nc(-c2ccccn2)nc2c1CCC2)COCC1CC1.OC1CCC(Nc2nc(-c3ccccn3)nc3c2CCC3)CC1.OC[C@H]1C=C[C@@H](Nc2nc(-c3ccccn3)nc3c2CCC3)C1. The zero-order valence-corrected chi connectivity index (χ0v) is 85.1. The van der Waals surface area contributed by atoms with Crippen LogP contribution in [0, 0.1) is 17.3 Å². The van der Waals surface area contributed by atoms with Gasteiger partial charge in [0.25, 0.3) is 0 Å². The number of likely N-dealkylation sites (tertiary alicyclic amines) is 2. The normalized spacial score (nSPS) is 19.8. The highest BCUT2D eigenvalue weighted by molar-refractivity contribution is 5.82. The number of nitrogens with zero attached hydrogens (tertiary/aromatic N) is 20. The maximum Gasteiger partial charge on any atom is 0.225 e. The van der Waals surface area contributed by atoms with E-state index < -0.39 is 17.6 Å². The minimum absolute atomic E-state index is 0.131. The third-order valence-corrected chi connectivity index (χ3v) is 30.0. The Kier molecular flexibility index (Phi) is 34.9. The number of amides is 2. The number of rotatable bonds is 30. The van der Waals surface area contributed by atoms with E-state index >= 15 is 0 Å². The molecule has 148 heavy (non-hydrogen) atoms. The Morgan fingerprint density at radius 2 is 0.784 bits per heavy atom. The average Bonchev–Trinajstić information content (AvgIpc) is 1.64. The number of β-amino-alcohol motifs (C(OH)–C–C–N with tert-alkyl or cyclic N) is 1. The number of hydrogen-bond donors (Lipinski definition) is 11.